The average Bonchev–Trinajstić information content (AvgIpc) is 2.36. The normalized spacial score (nSPS) is 20.7. The molecule has 44 valence electrons. The van der Waals surface area contributed by atoms with Crippen molar-refractivity contribution < 1.29 is 0 Å². The molecular formula is C5H4N4. The van der Waals surface area contributed by atoms with Crippen LogP contribution in [-0.2, 0) is 0 Å². The molecule has 0 saturated heterocycles. The maximum Gasteiger partial charge on any atom is 0.253 e. The minimum atomic E-state index is -1.15. The molecular weight excluding hydrogens is 116 g/mol. The number of nitriles is 2. The van der Waals surface area contributed by atoms with Crippen molar-refractivity contribution in [2.24, 2.45) is 10.2 Å². The van der Waals surface area contributed by atoms with E-state index in [-0.39, 0.29) is 0 Å². The zero-order valence-corrected chi connectivity index (χ0v) is 4.70. The molecule has 1 heterocycles. The molecule has 0 unspecified atom stereocenters. The van der Waals surface area contributed by atoms with Crippen molar-refractivity contribution >= 4 is 0 Å². The molecule has 0 fully saturated rings. The summed E-state index contributed by atoms with van der Waals surface area (Å²) < 4.78 is 0. The molecule has 0 aromatic rings. The van der Waals surface area contributed by atoms with Gasteiger partial charge in [0.15, 0.2) is 0 Å². The van der Waals surface area contributed by atoms with Gasteiger partial charge in [-0.25, -0.2) is 0 Å². The van der Waals surface area contributed by atoms with Crippen molar-refractivity contribution in [2.45, 2.75) is 12.0 Å². The van der Waals surface area contributed by atoms with Crippen molar-refractivity contribution in [1.82, 2.24) is 0 Å². The van der Waals surface area contributed by atoms with Gasteiger partial charge in [-0.05, 0) is 0 Å². The highest BCUT2D eigenvalue weighted by Crippen LogP contribution is 2.19. The largest absolute Gasteiger partial charge is 0.253 e. The fraction of sp³-hybridized carbons (Fsp3) is 0.600. The van der Waals surface area contributed by atoms with E-state index in [0.29, 0.717) is 13.0 Å². The van der Waals surface area contributed by atoms with Crippen LogP contribution in [0, 0.1) is 22.7 Å². The third-order valence-corrected chi connectivity index (χ3v) is 1.18. The maximum atomic E-state index is 8.39. The van der Waals surface area contributed by atoms with Crippen LogP contribution < -0.4 is 0 Å². The fourth-order valence-corrected chi connectivity index (χ4v) is 0.614. The van der Waals surface area contributed by atoms with E-state index in [2.05, 4.69) is 10.2 Å². The summed E-state index contributed by atoms with van der Waals surface area (Å²) in [5, 5.41) is 23.8. The molecule has 1 aliphatic rings. The first kappa shape index (κ1) is 5.71. The zero-order valence-electron chi connectivity index (χ0n) is 4.70. The molecule has 0 aliphatic carbocycles. The lowest BCUT2D eigenvalue weighted by Gasteiger charge is -1.99. The Labute approximate surface area is 52.4 Å². The predicted octanol–water partition coefficient (Wildman–Crippen LogP) is 0.628. The lowest BCUT2D eigenvalue weighted by molar-refractivity contribution is 0.698. The van der Waals surface area contributed by atoms with Gasteiger partial charge in [0, 0.05) is 6.42 Å². The van der Waals surface area contributed by atoms with Crippen molar-refractivity contribution in [1.29, 1.82) is 10.5 Å². The third-order valence-electron chi connectivity index (χ3n) is 1.18. The second kappa shape index (κ2) is 1.83. The van der Waals surface area contributed by atoms with E-state index in [4.69, 9.17) is 10.5 Å². The van der Waals surface area contributed by atoms with Crippen molar-refractivity contribution in [3.05, 3.63) is 0 Å². The van der Waals surface area contributed by atoms with Gasteiger partial charge in [-0.1, -0.05) is 0 Å². The third kappa shape index (κ3) is 0.748. The number of nitrogens with zero attached hydrogens (tertiary/aromatic N) is 4. The van der Waals surface area contributed by atoms with Crippen LogP contribution in [0.15, 0.2) is 10.2 Å². The summed E-state index contributed by atoms with van der Waals surface area (Å²) >= 11 is 0. The number of rotatable bonds is 0. The summed E-state index contributed by atoms with van der Waals surface area (Å²) in [4.78, 5) is 0. The SMILES string of the molecule is N#CC1(C#N)CCN=N1. The summed E-state index contributed by atoms with van der Waals surface area (Å²) in [6.07, 6.45) is 0.444. The summed E-state index contributed by atoms with van der Waals surface area (Å²) in [7, 11) is 0. The molecule has 0 N–H and O–H groups in total. The van der Waals surface area contributed by atoms with Crippen LogP contribution in [0.3, 0.4) is 0 Å². The van der Waals surface area contributed by atoms with E-state index in [1.807, 2.05) is 0 Å². The quantitative estimate of drug-likeness (QED) is 0.470. The molecule has 0 spiro atoms. The highest BCUT2D eigenvalue weighted by molar-refractivity contribution is 5.22. The molecule has 9 heavy (non-hydrogen) atoms. The Morgan fingerprint density at radius 2 is 2.00 bits per heavy atom. The highest BCUT2D eigenvalue weighted by atomic mass is 15.2. The fourth-order valence-electron chi connectivity index (χ4n) is 0.614. The molecule has 0 aromatic carbocycles. The van der Waals surface area contributed by atoms with Gasteiger partial charge in [0.2, 0.25) is 0 Å². The first-order valence-corrected chi connectivity index (χ1v) is 2.54. The minimum absolute atomic E-state index is 0.444. The maximum absolute atomic E-state index is 8.39. The van der Waals surface area contributed by atoms with Gasteiger partial charge in [-0.15, -0.1) is 0 Å². The number of hydrogen-bond donors (Lipinski definition) is 0. The van der Waals surface area contributed by atoms with E-state index in [0.717, 1.165) is 0 Å². The van der Waals surface area contributed by atoms with E-state index < -0.39 is 5.54 Å². The van der Waals surface area contributed by atoms with Crippen LogP contribution in [0.25, 0.3) is 0 Å². The molecule has 0 bridgehead atoms. The molecule has 4 heteroatoms. The van der Waals surface area contributed by atoms with E-state index in [9.17, 15) is 0 Å². The Balaban J connectivity index is 2.88. The predicted molar refractivity (Wildman–Crippen MR) is 28.3 cm³/mol. The van der Waals surface area contributed by atoms with Gasteiger partial charge in [0.1, 0.15) is 12.1 Å². The van der Waals surface area contributed by atoms with Crippen LogP contribution in [0.4, 0.5) is 0 Å². The van der Waals surface area contributed by atoms with Crippen molar-refractivity contribution in [3.63, 3.8) is 0 Å². The molecule has 0 atom stereocenters. The van der Waals surface area contributed by atoms with E-state index in [1.165, 1.54) is 0 Å². The Hall–Kier alpha value is -1.42. The Bertz CT molecular complexity index is 202. The number of hydrogen-bond acceptors (Lipinski definition) is 4. The molecule has 1 rings (SSSR count). The van der Waals surface area contributed by atoms with Gasteiger partial charge < -0.3 is 0 Å². The average molecular weight is 120 g/mol. The molecule has 0 radical (unpaired) electrons. The van der Waals surface area contributed by atoms with Crippen LogP contribution in [0.2, 0.25) is 0 Å². The monoisotopic (exact) mass is 120 g/mol. The molecule has 0 amide bonds. The Morgan fingerprint density at radius 3 is 2.22 bits per heavy atom. The molecule has 1 aliphatic heterocycles. The summed E-state index contributed by atoms with van der Waals surface area (Å²) in [6.45, 7) is 0.501. The molecule has 0 aromatic heterocycles. The Kier molecular flexibility index (Phi) is 1.16. The van der Waals surface area contributed by atoms with Crippen LogP contribution >= 0.6 is 0 Å². The van der Waals surface area contributed by atoms with Gasteiger partial charge in [0.25, 0.3) is 5.54 Å². The van der Waals surface area contributed by atoms with Crippen molar-refractivity contribution in [2.75, 3.05) is 6.54 Å². The summed E-state index contributed by atoms with van der Waals surface area (Å²) in [5.74, 6) is 0. The minimum Gasteiger partial charge on any atom is -0.194 e. The highest BCUT2D eigenvalue weighted by Gasteiger charge is 2.32. The van der Waals surface area contributed by atoms with Crippen LogP contribution in [-0.4, -0.2) is 12.1 Å². The lowest BCUT2D eigenvalue weighted by Crippen LogP contribution is -2.17. The Morgan fingerprint density at radius 1 is 1.33 bits per heavy atom. The zero-order chi connectivity index (χ0) is 6.74. The summed E-state index contributed by atoms with van der Waals surface area (Å²) in [6, 6.07) is 3.61. The molecule has 0 saturated carbocycles. The first-order chi connectivity index (χ1) is 4.33. The van der Waals surface area contributed by atoms with Crippen LogP contribution in [0.5, 0.6) is 0 Å². The smallest absolute Gasteiger partial charge is 0.194 e. The van der Waals surface area contributed by atoms with Gasteiger partial charge >= 0.3 is 0 Å². The van der Waals surface area contributed by atoms with Gasteiger partial charge in [-0.2, -0.15) is 20.8 Å². The van der Waals surface area contributed by atoms with E-state index >= 15 is 0 Å². The second-order valence-electron chi connectivity index (χ2n) is 1.80. The first-order valence-electron chi connectivity index (χ1n) is 2.54. The van der Waals surface area contributed by atoms with Gasteiger partial charge in [-0.3, -0.25) is 0 Å². The van der Waals surface area contributed by atoms with Gasteiger partial charge in [0.05, 0.1) is 6.54 Å². The lowest BCUT2D eigenvalue weighted by atomic mass is 10.0. The number of azo groups is 1. The van der Waals surface area contributed by atoms with Crippen LogP contribution in [0.1, 0.15) is 6.42 Å². The second-order valence-corrected chi connectivity index (χ2v) is 1.80. The van der Waals surface area contributed by atoms with Crippen molar-refractivity contribution in [3.8, 4) is 12.1 Å². The molecule has 4 nitrogen and oxygen atoms in total. The summed E-state index contributed by atoms with van der Waals surface area (Å²) in [5.41, 5.74) is -1.15. The standard InChI is InChI=1S/C5H4N4/c6-3-5(4-7)1-2-8-9-5/h1-2H2. The van der Waals surface area contributed by atoms with E-state index in [1.54, 1.807) is 12.1 Å². The topological polar surface area (TPSA) is 72.3 Å².